The molecule has 0 saturated carbocycles. The highest BCUT2D eigenvalue weighted by atomic mass is 19.1. The number of nitrogens with zero attached hydrogens (tertiary/aromatic N) is 1. The van der Waals surface area contributed by atoms with E-state index in [0.29, 0.717) is 13.2 Å². The van der Waals surface area contributed by atoms with Crippen molar-refractivity contribution in [2.45, 2.75) is 32.7 Å². The van der Waals surface area contributed by atoms with Crippen LogP contribution in [0.2, 0.25) is 0 Å². The van der Waals surface area contributed by atoms with Gasteiger partial charge in [-0.15, -0.1) is 0 Å². The Bertz CT molecular complexity index is 431. The van der Waals surface area contributed by atoms with E-state index in [4.69, 9.17) is 4.74 Å². The van der Waals surface area contributed by atoms with Crippen molar-refractivity contribution >= 4 is 5.69 Å². The third kappa shape index (κ3) is 4.68. The van der Waals surface area contributed by atoms with Crippen LogP contribution in [0, 0.1) is 11.7 Å². The van der Waals surface area contributed by atoms with Crippen molar-refractivity contribution < 1.29 is 9.13 Å². The molecule has 1 aliphatic rings. The first-order valence-electron chi connectivity index (χ1n) is 7.97. The number of hydrogen-bond donors (Lipinski definition) is 1. The van der Waals surface area contributed by atoms with Crippen LogP contribution < -0.4 is 10.2 Å². The van der Waals surface area contributed by atoms with E-state index in [1.54, 1.807) is 13.2 Å². The Labute approximate surface area is 127 Å². The number of piperidine rings is 1. The average Bonchev–Trinajstić information content (AvgIpc) is 2.52. The third-order valence-electron chi connectivity index (χ3n) is 4.36. The Balaban J connectivity index is 1.90. The lowest BCUT2D eigenvalue weighted by Gasteiger charge is -2.33. The summed E-state index contributed by atoms with van der Waals surface area (Å²) in [5.41, 5.74) is 1.74. The number of benzene rings is 1. The highest BCUT2D eigenvalue weighted by Gasteiger charge is 2.20. The van der Waals surface area contributed by atoms with Gasteiger partial charge in [-0.2, -0.15) is 0 Å². The molecule has 4 heteroatoms. The molecular weight excluding hydrogens is 267 g/mol. The molecule has 21 heavy (non-hydrogen) atoms. The van der Waals surface area contributed by atoms with Crippen LogP contribution in [0.4, 0.5) is 10.1 Å². The minimum atomic E-state index is -0.101. The van der Waals surface area contributed by atoms with Gasteiger partial charge in [0.25, 0.3) is 0 Å². The number of anilines is 1. The molecule has 1 fully saturated rings. The largest absolute Gasteiger partial charge is 0.383 e. The van der Waals surface area contributed by atoms with E-state index >= 15 is 0 Å². The van der Waals surface area contributed by atoms with Crippen LogP contribution in [0.1, 0.15) is 31.7 Å². The zero-order valence-electron chi connectivity index (χ0n) is 13.2. The van der Waals surface area contributed by atoms with Gasteiger partial charge in [-0.05, 0) is 36.5 Å². The number of rotatable bonds is 7. The normalized spacial score (nSPS) is 16.4. The molecule has 0 spiro atoms. The second kappa shape index (κ2) is 8.35. The van der Waals surface area contributed by atoms with Crippen LogP contribution >= 0.6 is 0 Å². The van der Waals surface area contributed by atoms with Crippen LogP contribution in [-0.4, -0.2) is 33.4 Å². The number of ether oxygens (including phenoxy) is 1. The molecule has 118 valence electrons. The second-order valence-electron chi connectivity index (χ2n) is 5.79. The monoisotopic (exact) mass is 294 g/mol. The molecule has 1 N–H and O–H groups in total. The molecule has 1 saturated heterocycles. The van der Waals surface area contributed by atoms with E-state index in [-0.39, 0.29) is 5.82 Å². The van der Waals surface area contributed by atoms with Crippen molar-refractivity contribution in [2.75, 3.05) is 38.3 Å². The summed E-state index contributed by atoms with van der Waals surface area (Å²) in [6.07, 6.45) is 3.59. The quantitative estimate of drug-likeness (QED) is 0.782. The van der Waals surface area contributed by atoms with E-state index < -0.39 is 0 Å². The molecule has 0 amide bonds. The topological polar surface area (TPSA) is 24.5 Å². The molecule has 1 aliphatic heterocycles. The minimum absolute atomic E-state index is 0.101. The molecule has 1 aromatic carbocycles. The molecule has 1 heterocycles. The van der Waals surface area contributed by atoms with Gasteiger partial charge >= 0.3 is 0 Å². The van der Waals surface area contributed by atoms with E-state index in [2.05, 4.69) is 17.1 Å². The molecule has 0 bridgehead atoms. The van der Waals surface area contributed by atoms with E-state index in [1.165, 1.54) is 19.3 Å². The van der Waals surface area contributed by atoms with Gasteiger partial charge in [0.1, 0.15) is 5.82 Å². The number of nitrogens with one attached hydrogen (secondary N) is 1. The zero-order chi connectivity index (χ0) is 15.1. The fourth-order valence-corrected chi connectivity index (χ4v) is 2.91. The molecule has 0 aliphatic carbocycles. The van der Waals surface area contributed by atoms with Crippen LogP contribution in [0.25, 0.3) is 0 Å². The molecule has 0 aromatic heterocycles. The van der Waals surface area contributed by atoms with E-state index in [1.807, 2.05) is 12.1 Å². The van der Waals surface area contributed by atoms with Gasteiger partial charge in [0.15, 0.2) is 0 Å². The van der Waals surface area contributed by atoms with E-state index in [9.17, 15) is 4.39 Å². The first kappa shape index (κ1) is 16.2. The van der Waals surface area contributed by atoms with Crippen molar-refractivity contribution in [1.82, 2.24) is 5.32 Å². The van der Waals surface area contributed by atoms with E-state index in [0.717, 1.165) is 36.8 Å². The Morgan fingerprint density at radius 2 is 2.10 bits per heavy atom. The Hall–Kier alpha value is -1.13. The summed E-state index contributed by atoms with van der Waals surface area (Å²) in [5, 5.41) is 3.24. The van der Waals surface area contributed by atoms with Crippen LogP contribution in [0.3, 0.4) is 0 Å². The molecule has 2 rings (SSSR count). The maximum atomic E-state index is 14.3. The van der Waals surface area contributed by atoms with Gasteiger partial charge in [0, 0.05) is 33.3 Å². The van der Waals surface area contributed by atoms with Crippen molar-refractivity contribution in [2.24, 2.45) is 5.92 Å². The SMILES string of the molecule is CCC1CCN(c2ccc(CNCCOC)cc2F)CC1. The summed E-state index contributed by atoms with van der Waals surface area (Å²) < 4.78 is 19.3. The van der Waals surface area contributed by atoms with Gasteiger partial charge in [0.05, 0.1) is 12.3 Å². The standard InChI is InChI=1S/C17H27FN2O/c1-3-14-6-9-20(10-7-14)17-5-4-15(12-16(17)18)13-19-8-11-21-2/h4-5,12,14,19H,3,6-11,13H2,1-2H3. The van der Waals surface area contributed by atoms with Crippen molar-refractivity contribution in [1.29, 1.82) is 0 Å². The maximum Gasteiger partial charge on any atom is 0.146 e. The molecule has 1 aromatic rings. The van der Waals surface area contributed by atoms with Gasteiger partial charge < -0.3 is 15.0 Å². The molecule has 0 atom stereocenters. The highest BCUT2D eigenvalue weighted by Crippen LogP contribution is 2.27. The van der Waals surface area contributed by atoms with Crippen molar-refractivity contribution in [3.05, 3.63) is 29.6 Å². The van der Waals surface area contributed by atoms with Crippen LogP contribution in [-0.2, 0) is 11.3 Å². The Morgan fingerprint density at radius 3 is 2.71 bits per heavy atom. The summed E-state index contributed by atoms with van der Waals surface area (Å²) in [6.45, 7) is 6.32. The number of hydrogen-bond acceptors (Lipinski definition) is 3. The molecule has 0 radical (unpaired) electrons. The Kier molecular flexibility index (Phi) is 6.46. The number of halogens is 1. The van der Waals surface area contributed by atoms with Crippen molar-refractivity contribution in [3.8, 4) is 0 Å². The first-order chi connectivity index (χ1) is 10.2. The van der Waals surface area contributed by atoms with Crippen LogP contribution in [0.15, 0.2) is 18.2 Å². The zero-order valence-corrected chi connectivity index (χ0v) is 13.2. The summed E-state index contributed by atoms with van der Waals surface area (Å²) in [5.74, 6) is 0.713. The molecule has 0 unspecified atom stereocenters. The third-order valence-corrected chi connectivity index (χ3v) is 4.36. The lowest BCUT2D eigenvalue weighted by molar-refractivity contribution is 0.199. The summed E-state index contributed by atoms with van der Waals surface area (Å²) in [4.78, 5) is 2.18. The minimum Gasteiger partial charge on any atom is -0.383 e. The fraction of sp³-hybridized carbons (Fsp3) is 0.647. The fourth-order valence-electron chi connectivity index (χ4n) is 2.91. The molecular formula is C17H27FN2O. The summed E-state index contributed by atoms with van der Waals surface area (Å²) in [6, 6.07) is 5.60. The van der Waals surface area contributed by atoms with Crippen molar-refractivity contribution in [3.63, 3.8) is 0 Å². The second-order valence-corrected chi connectivity index (χ2v) is 5.79. The average molecular weight is 294 g/mol. The van der Waals surface area contributed by atoms with Gasteiger partial charge in [0.2, 0.25) is 0 Å². The van der Waals surface area contributed by atoms with Gasteiger partial charge in [-0.1, -0.05) is 19.4 Å². The lowest BCUT2D eigenvalue weighted by atomic mass is 9.94. The maximum absolute atomic E-state index is 14.3. The Morgan fingerprint density at radius 1 is 1.33 bits per heavy atom. The summed E-state index contributed by atoms with van der Waals surface area (Å²) >= 11 is 0. The predicted molar refractivity (Wildman–Crippen MR) is 85.2 cm³/mol. The van der Waals surface area contributed by atoms with Gasteiger partial charge in [-0.3, -0.25) is 0 Å². The summed E-state index contributed by atoms with van der Waals surface area (Å²) in [7, 11) is 1.68. The first-order valence-corrected chi connectivity index (χ1v) is 7.97. The smallest absolute Gasteiger partial charge is 0.146 e. The lowest BCUT2D eigenvalue weighted by Crippen LogP contribution is -2.34. The highest BCUT2D eigenvalue weighted by molar-refractivity contribution is 5.49. The number of methoxy groups -OCH3 is 1. The van der Waals surface area contributed by atoms with Gasteiger partial charge in [-0.25, -0.2) is 4.39 Å². The predicted octanol–water partition coefficient (Wildman–Crippen LogP) is 3.19. The van der Waals surface area contributed by atoms with Crippen LogP contribution in [0.5, 0.6) is 0 Å². The molecule has 3 nitrogen and oxygen atoms in total.